The van der Waals surface area contributed by atoms with Gasteiger partial charge in [0.25, 0.3) is 5.91 Å². The molecular weight excluding hydrogens is 284 g/mol. The fourth-order valence-electron chi connectivity index (χ4n) is 1.16. The lowest BCUT2D eigenvalue weighted by Gasteiger charge is -2.09. The fourth-order valence-corrected chi connectivity index (χ4v) is 1.16. The van der Waals surface area contributed by atoms with Crippen LogP contribution >= 0.6 is 0 Å². The van der Waals surface area contributed by atoms with E-state index in [2.05, 4.69) is 4.74 Å². The molecular formula is C11H10F4N2O3. The first-order valence-electron chi connectivity index (χ1n) is 5.24. The molecule has 0 spiro atoms. The van der Waals surface area contributed by atoms with Crippen molar-refractivity contribution in [3.8, 4) is 0 Å². The second-order valence-corrected chi connectivity index (χ2v) is 3.71. The Hall–Kier alpha value is -2.32. The molecule has 0 aliphatic carbocycles. The van der Waals surface area contributed by atoms with E-state index in [1.807, 2.05) is 0 Å². The number of anilines is 1. The summed E-state index contributed by atoms with van der Waals surface area (Å²) >= 11 is 0. The minimum Gasteiger partial charge on any atom is -0.452 e. The molecule has 3 N–H and O–H groups in total. The van der Waals surface area contributed by atoms with E-state index >= 15 is 0 Å². The average molecular weight is 294 g/mol. The van der Waals surface area contributed by atoms with Crippen LogP contribution in [-0.2, 0) is 9.53 Å². The van der Waals surface area contributed by atoms with Gasteiger partial charge in [0.05, 0.1) is 5.56 Å². The van der Waals surface area contributed by atoms with E-state index in [0.29, 0.717) is 0 Å². The number of ether oxygens (including phenoxy) is 1. The summed E-state index contributed by atoms with van der Waals surface area (Å²) in [6.07, 6.45) is -4.57. The molecule has 0 fully saturated rings. The van der Waals surface area contributed by atoms with Crippen LogP contribution in [0.1, 0.15) is 10.4 Å². The topological polar surface area (TPSA) is 81.4 Å². The number of esters is 1. The van der Waals surface area contributed by atoms with Gasteiger partial charge in [-0.15, -0.1) is 0 Å². The monoisotopic (exact) mass is 294 g/mol. The van der Waals surface area contributed by atoms with Crippen LogP contribution in [0.3, 0.4) is 0 Å². The summed E-state index contributed by atoms with van der Waals surface area (Å²) in [4.78, 5) is 22.4. The number of hydrogen-bond donors (Lipinski definition) is 2. The first kappa shape index (κ1) is 15.7. The molecule has 1 rings (SSSR count). The number of halogens is 4. The number of nitrogens with one attached hydrogen (secondary N) is 1. The zero-order valence-electron chi connectivity index (χ0n) is 9.96. The number of nitrogen functional groups attached to an aromatic ring is 1. The van der Waals surface area contributed by atoms with Crippen molar-refractivity contribution in [2.24, 2.45) is 0 Å². The molecule has 0 heterocycles. The van der Waals surface area contributed by atoms with E-state index in [0.717, 1.165) is 12.1 Å². The fraction of sp³-hybridized carbons (Fsp3) is 0.273. The summed E-state index contributed by atoms with van der Waals surface area (Å²) in [5.41, 5.74) is 4.93. The van der Waals surface area contributed by atoms with Crippen LogP contribution in [0.2, 0.25) is 0 Å². The lowest BCUT2D eigenvalue weighted by Crippen LogP contribution is -2.36. The van der Waals surface area contributed by atoms with Crippen molar-refractivity contribution in [1.29, 1.82) is 0 Å². The zero-order valence-corrected chi connectivity index (χ0v) is 9.96. The van der Waals surface area contributed by atoms with Gasteiger partial charge < -0.3 is 15.8 Å². The van der Waals surface area contributed by atoms with E-state index in [4.69, 9.17) is 5.73 Å². The predicted octanol–water partition coefficient (Wildman–Crippen LogP) is 1.24. The Labute approximate surface area is 110 Å². The molecule has 0 aliphatic rings. The minimum absolute atomic E-state index is 0.0971. The molecule has 20 heavy (non-hydrogen) atoms. The summed E-state index contributed by atoms with van der Waals surface area (Å²) in [5.74, 6) is -3.27. The van der Waals surface area contributed by atoms with Crippen molar-refractivity contribution >= 4 is 17.6 Å². The highest BCUT2D eigenvalue weighted by Gasteiger charge is 2.27. The third-order valence-corrected chi connectivity index (χ3v) is 2.03. The van der Waals surface area contributed by atoms with Crippen LogP contribution in [0, 0.1) is 5.82 Å². The zero-order chi connectivity index (χ0) is 15.3. The standard InChI is InChI=1S/C11H10F4N2O3/c12-8-2-1-6(16)3-7(8)10(19)20-4-9(18)17-5-11(13,14)15/h1-3H,4-5,16H2,(H,17,18). The maximum absolute atomic E-state index is 13.2. The molecule has 9 heteroatoms. The summed E-state index contributed by atoms with van der Waals surface area (Å²) in [6.45, 7) is -2.50. The molecule has 110 valence electrons. The van der Waals surface area contributed by atoms with E-state index in [-0.39, 0.29) is 5.69 Å². The average Bonchev–Trinajstić information content (AvgIpc) is 2.35. The molecule has 0 saturated heterocycles. The highest BCUT2D eigenvalue weighted by Crippen LogP contribution is 2.13. The Morgan fingerprint density at radius 3 is 2.55 bits per heavy atom. The van der Waals surface area contributed by atoms with Crippen molar-refractivity contribution in [3.63, 3.8) is 0 Å². The number of alkyl halides is 3. The Balaban J connectivity index is 2.51. The second kappa shape index (κ2) is 6.22. The molecule has 0 aliphatic heterocycles. The highest BCUT2D eigenvalue weighted by atomic mass is 19.4. The van der Waals surface area contributed by atoms with E-state index < -0.39 is 42.6 Å². The summed E-state index contributed by atoms with van der Waals surface area (Å²) < 4.78 is 53.0. The molecule has 0 aromatic heterocycles. The molecule has 0 unspecified atom stereocenters. The van der Waals surface area contributed by atoms with Gasteiger partial charge in [0.2, 0.25) is 0 Å². The molecule has 1 aromatic carbocycles. The Morgan fingerprint density at radius 2 is 1.95 bits per heavy atom. The quantitative estimate of drug-likeness (QED) is 0.497. The number of carbonyl (C=O) groups is 2. The minimum atomic E-state index is -4.57. The van der Waals surface area contributed by atoms with Crippen LogP contribution in [0.4, 0.5) is 23.2 Å². The van der Waals surface area contributed by atoms with Crippen LogP contribution in [0.5, 0.6) is 0 Å². The Kier molecular flexibility index (Phi) is 4.89. The maximum atomic E-state index is 13.2. The largest absolute Gasteiger partial charge is 0.452 e. The van der Waals surface area contributed by atoms with Crippen LogP contribution in [0.25, 0.3) is 0 Å². The van der Waals surface area contributed by atoms with E-state index in [9.17, 15) is 27.2 Å². The van der Waals surface area contributed by atoms with Crippen molar-refractivity contribution in [1.82, 2.24) is 5.32 Å². The molecule has 1 aromatic rings. The van der Waals surface area contributed by atoms with Gasteiger partial charge in [-0.3, -0.25) is 4.79 Å². The van der Waals surface area contributed by atoms with Gasteiger partial charge in [-0.25, -0.2) is 9.18 Å². The van der Waals surface area contributed by atoms with Crippen LogP contribution < -0.4 is 11.1 Å². The van der Waals surface area contributed by atoms with Gasteiger partial charge >= 0.3 is 12.1 Å². The highest BCUT2D eigenvalue weighted by molar-refractivity contribution is 5.92. The van der Waals surface area contributed by atoms with E-state index in [1.165, 1.54) is 11.4 Å². The number of hydrogen-bond acceptors (Lipinski definition) is 4. The SMILES string of the molecule is Nc1ccc(F)c(C(=O)OCC(=O)NCC(F)(F)F)c1. The number of rotatable bonds is 4. The molecule has 0 radical (unpaired) electrons. The third kappa shape index (κ3) is 5.12. The molecule has 0 bridgehead atoms. The van der Waals surface area contributed by atoms with Gasteiger partial charge in [-0.05, 0) is 18.2 Å². The van der Waals surface area contributed by atoms with Gasteiger partial charge in [-0.2, -0.15) is 13.2 Å². The van der Waals surface area contributed by atoms with Crippen LogP contribution in [0.15, 0.2) is 18.2 Å². The molecule has 0 saturated carbocycles. The number of nitrogens with two attached hydrogens (primary N) is 1. The second-order valence-electron chi connectivity index (χ2n) is 3.71. The molecule has 5 nitrogen and oxygen atoms in total. The first-order chi connectivity index (χ1) is 9.19. The van der Waals surface area contributed by atoms with Crippen molar-refractivity contribution in [2.75, 3.05) is 18.9 Å². The van der Waals surface area contributed by atoms with Crippen molar-refractivity contribution < 1.29 is 31.9 Å². The van der Waals surface area contributed by atoms with E-state index in [1.54, 1.807) is 0 Å². The normalized spacial score (nSPS) is 11.0. The van der Waals surface area contributed by atoms with Gasteiger partial charge in [0, 0.05) is 5.69 Å². The van der Waals surface area contributed by atoms with Crippen molar-refractivity contribution in [3.05, 3.63) is 29.6 Å². The van der Waals surface area contributed by atoms with Gasteiger partial charge in [-0.1, -0.05) is 0 Å². The third-order valence-electron chi connectivity index (χ3n) is 2.03. The van der Waals surface area contributed by atoms with Gasteiger partial charge in [0.15, 0.2) is 6.61 Å². The summed E-state index contributed by atoms with van der Waals surface area (Å²) in [6, 6.07) is 3.13. The van der Waals surface area contributed by atoms with Crippen LogP contribution in [-0.4, -0.2) is 31.2 Å². The predicted molar refractivity (Wildman–Crippen MR) is 60.2 cm³/mol. The maximum Gasteiger partial charge on any atom is 0.405 e. The smallest absolute Gasteiger partial charge is 0.405 e. The van der Waals surface area contributed by atoms with Gasteiger partial charge in [0.1, 0.15) is 12.4 Å². The molecule has 0 atom stereocenters. The Morgan fingerprint density at radius 1 is 1.30 bits per heavy atom. The number of carbonyl (C=O) groups excluding carboxylic acids is 2. The Bertz CT molecular complexity index is 517. The lowest BCUT2D eigenvalue weighted by atomic mass is 10.2. The van der Waals surface area contributed by atoms with Crippen molar-refractivity contribution in [2.45, 2.75) is 6.18 Å². The number of benzene rings is 1. The lowest BCUT2D eigenvalue weighted by molar-refractivity contribution is -0.140. The molecule has 1 amide bonds. The number of amides is 1. The summed E-state index contributed by atoms with van der Waals surface area (Å²) in [5, 5.41) is 1.50. The first-order valence-corrected chi connectivity index (χ1v) is 5.24. The summed E-state index contributed by atoms with van der Waals surface area (Å²) in [7, 11) is 0.